The number of nitrogens with zero attached hydrogens (tertiary/aromatic N) is 2. The lowest BCUT2D eigenvalue weighted by Crippen LogP contribution is -2.60. The standard InChI is InChI=1S/C35H37N5O2/c1-34(23-26-24-37-29-15-5-3-13-27(26)29,39-32(41)28-14-4-6-16-30(28)40-21-11-12-22-40)33(42)38-25-35(18-8-2-9-19-35)31-17-7-10-20-36-31/h3-7,10-17,20-22,24,37H,2,8-9,18-19,23,25H2,1H3,(H,38,42)(H,39,41)/t34-/m0/s1. The van der Waals surface area contributed by atoms with Gasteiger partial charge in [0.15, 0.2) is 0 Å². The van der Waals surface area contributed by atoms with E-state index in [-0.39, 0.29) is 17.2 Å². The summed E-state index contributed by atoms with van der Waals surface area (Å²) in [5.41, 5.74) is 2.81. The van der Waals surface area contributed by atoms with Gasteiger partial charge in [0.05, 0.1) is 11.3 Å². The van der Waals surface area contributed by atoms with Crippen molar-refractivity contribution in [2.75, 3.05) is 6.54 Å². The molecule has 3 N–H and O–H groups in total. The summed E-state index contributed by atoms with van der Waals surface area (Å²) in [4.78, 5) is 36.2. The maximum Gasteiger partial charge on any atom is 0.254 e. The molecule has 5 aromatic rings. The molecule has 7 nitrogen and oxygen atoms in total. The van der Waals surface area contributed by atoms with Crippen molar-refractivity contribution >= 4 is 22.7 Å². The van der Waals surface area contributed by atoms with Crippen LogP contribution in [0.4, 0.5) is 0 Å². The molecule has 7 heteroatoms. The summed E-state index contributed by atoms with van der Waals surface area (Å²) >= 11 is 0. The SMILES string of the molecule is C[C@@](Cc1c[nH]c2ccccc12)(NC(=O)c1ccccc1-n1cccc1)C(=O)NCC1(c2ccccn2)CCCCC1. The second-order valence-electron chi connectivity index (χ2n) is 11.7. The Morgan fingerprint density at radius 3 is 2.45 bits per heavy atom. The number of aromatic nitrogens is 3. The molecule has 1 saturated carbocycles. The summed E-state index contributed by atoms with van der Waals surface area (Å²) in [5.74, 6) is -0.505. The highest BCUT2D eigenvalue weighted by atomic mass is 16.2. The van der Waals surface area contributed by atoms with Gasteiger partial charge in [-0.15, -0.1) is 0 Å². The number of hydrogen-bond acceptors (Lipinski definition) is 3. The first-order chi connectivity index (χ1) is 20.5. The number of hydrogen-bond donors (Lipinski definition) is 3. The van der Waals surface area contributed by atoms with E-state index in [1.165, 1.54) is 6.42 Å². The first kappa shape index (κ1) is 27.5. The van der Waals surface area contributed by atoms with E-state index in [4.69, 9.17) is 4.98 Å². The zero-order chi connectivity index (χ0) is 29.0. The Balaban J connectivity index is 1.31. The van der Waals surface area contributed by atoms with Crippen molar-refractivity contribution in [2.24, 2.45) is 0 Å². The lowest BCUT2D eigenvalue weighted by atomic mass is 9.71. The molecule has 0 unspecified atom stereocenters. The lowest BCUT2D eigenvalue weighted by molar-refractivity contribution is -0.127. The third-order valence-electron chi connectivity index (χ3n) is 8.75. The fourth-order valence-electron chi connectivity index (χ4n) is 6.42. The predicted octanol–water partition coefficient (Wildman–Crippen LogP) is 6.10. The van der Waals surface area contributed by atoms with Gasteiger partial charge in [0, 0.05) is 59.8 Å². The minimum atomic E-state index is -1.22. The van der Waals surface area contributed by atoms with E-state index >= 15 is 0 Å². The van der Waals surface area contributed by atoms with Gasteiger partial charge in [-0.25, -0.2) is 0 Å². The van der Waals surface area contributed by atoms with Crippen LogP contribution < -0.4 is 10.6 Å². The van der Waals surface area contributed by atoms with Crippen LogP contribution in [0.25, 0.3) is 16.6 Å². The lowest BCUT2D eigenvalue weighted by Gasteiger charge is -2.38. The number of carbonyl (C=O) groups is 2. The van der Waals surface area contributed by atoms with E-state index in [0.717, 1.165) is 53.5 Å². The molecule has 214 valence electrons. The van der Waals surface area contributed by atoms with Crippen molar-refractivity contribution in [3.63, 3.8) is 0 Å². The van der Waals surface area contributed by atoms with E-state index in [9.17, 15) is 9.59 Å². The molecule has 0 radical (unpaired) electrons. The molecular weight excluding hydrogens is 522 g/mol. The van der Waals surface area contributed by atoms with E-state index in [0.29, 0.717) is 18.5 Å². The zero-order valence-electron chi connectivity index (χ0n) is 24.0. The first-order valence-corrected chi connectivity index (χ1v) is 14.8. The summed E-state index contributed by atoms with van der Waals surface area (Å²) in [6.45, 7) is 2.30. The van der Waals surface area contributed by atoms with E-state index in [2.05, 4.69) is 21.7 Å². The van der Waals surface area contributed by atoms with Crippen LogP contribution in [-0.4, -0.2) is 38.4 Å². The molecule has 0 saturated heterocycles. The normalized spacial score (nSPS) is 16.0. The summed E-state index contributed by atoms with van der Waals surface area (Å²) in [7, 11) is 0. The smallest absolute Gasteiger partial charge is 0.254 e. The van der Waals surface area contributed by atoms with Crippen molar-refractivity contribution in [1.82, 2.24) is 25.2 Å². The molecule has 1 aliphatic carbocycles. The van der Waals surface area contributed by atoms with Crippen LogP contribution >= 0.6 is 0 Å². The Hall–Kier alpha value is -4.65. The number of nitrogens with one attached hydrogen (secondary N) is 3. The van der Waals surface area contributed by atoms with Gasteiger partial charge in [-0.3, -0.25) is 14.6 Å². The number of rotatable bonds is 9. The molecule has 0 spiro atoms. The van der Waals surface area contributed by atoms with Crippen LogP contribution in [0.2, 0.25) is 0 Å². The molecular formula is C35H37N5O2. The van der Waals surface area contributed by atoms with Gasteiger partial charge in [-0.05, 0) is 67.8 Å². The third kappa shape index (κ3) is 5.47. The van der Waals surface area contributed by atoms with Gasteiger partial charge in [-0.1, -0.05) is 55.7 Å². The molecule has 3 aromatic heterocycles. The summed E-state index contributed by atoms with van der Waals surface area (Å²) < 4.78 is 1.91. The number of fused-ring (bicyclic) bond motifs is 1. The predicted molar refractivity (Wildman–Crippen MR) is 166 cm³/mol. The Bertz CT molecular complexity index is 1670. The van der Waals surface area contributed by atoms with Gasteiger partial charge >= 0.3 is 0 Å². The summed E-state index contributed by atoms with van der Waals surface area (Å²) in [5, 5.41) is 7.48. The molecule has 1 atom stereocenters. The molecule has 1 fully saturated rings. The van der Waals surface area contributed by atoms with Gasteiger partial charge < -0.3 is 20.2 Å². The number of pyridine rings is 1. The highest BCUT2D eigenvalue weighted by Crippen LogP contribution is 2.38. The monoisotopic (exact) mass is 559 g/mol. The molecule has 2 amide bonds. The molecule has 1 aliphatic rings. The van der Waals surface area contributed by atoms with E-state index < -0.39 is 5.54 Å². The summed E-state index contributed by atoms with van der Waals surface area (Å²) in [6.07, 6.45) is 13.3. The van der Waals surface area contributed by atoms with Crippen LogP contribution in [0, 0.1) is 0 Å². The van der Waals surface area contributed by atoms with Crippen LogP contribution in [0.1, 0.15) is 60.6 Å². The highest BCUT2D eigenvalue weighted by molar-refractivity contribution is 6.02. The molecule has 0 aliphatic heterocycles. The number of carbonyl (C=O) groups excluding carboxylic acids is 2. The molecule has 6 rings (SSSR count). The third-order valence-corrected chi connectivity index (χ3v) is 8.75. The number of aromatic amines is 1. The van der Waals surface area contributed by atoms with Gasteiger partial charge in [0.25, 0.3) is 5.91 Å². The molecule has 0 bridgehead atoms. The van der Waals surface area contributed by atoms with Crippen LogP contribution in [-0.2, 0) is 16.6 Å². The van der Waals surface area contributed by atoms with Gasteiger partial charge in [-0.2, -0.15) is 0 Å². The average Bonchev–Trinajstić information content (AvgIpc) is 3.72. The quantitative estimate of drug-likeness (QED) is 0.204. The van der Waals surface area contributed by atoms with Crippen molar-refractivity contribution in [1.29, 1.82) is 0 Å². The Morgan fingerprint density at radius 1 is 0.929 bits per heavy atom. The number of benzene rings is 2. The van der Waals surface area contributed by atoms with Crippen molar-refractivity contribution in [2.45, 2.75) is 56.4 Å². The Labute approximate surface area is 246 Å². The minimum Gasteiger partial charge on any atom is -0.361 e. The zero-order valence-corrected chi connectivity index (χ0v) is 24.0. The van der Waals surface area contributed by atoms with Crippen LogP contribution in [0.3, 0.4) is 0 Å². The first-order valence-electron chi connectivity index (χ1n) is 14.8. The highest BCUT2D eigenvalue weighted by Gasteiger charge is 2.40. The largest absolute Gasteiger partial charge is 0.361 e. The van der Waals surface area contributed by atoms with E-state index in [1.54, 1.807) is 6.07 Å². The fourth-order valence-corrected chi connectivity index (χ4v) is 6.42. The topological polar surface area (TPSA) is 91.8 Å². The molecule has 2 aromatic carbocycles. The van der Waals surface area contributed by atoms with Gasteiger partial charge in [0.1, 0.15) is 5.54 Å². The van der Waals surface area contributed by atoms with Crippen molar-refractivity contribution in [3.8, 4) is 5.69 Å². The number of H-pyrrole nitrogens is 1. The fraction of sp³-hybridized carbons (Fsp3) is 0.286. The van der Waals surface area contributed by atoms with Crippen LogP contribution in [0.5, 0.6) is 0 Å². The summed E-state index contributed by atoms with van der Waals surface area (Å²) in [6, 6.07) is 25.4. The van der Waals surface area contributed by atoms with Crippen LogP contribution in [0.15, 0.2) is 104 Å². The van der Waals surface area contributed by atoms with Crippen molar-refractivity contribution < 1.29 is 9.59 Å². The second kappa shape index (κ2) is 11.7. The second-order valence-corrected chi connectivity index (χ2v) is 11.7. The minimum absolute atomic E-state index is 0.208. The Kier molecular flexibility index (Phi) is 7.66. The number of para-hydroxylation sites is 2. The molecule has 3 heterocycles. The Morgan fingerprint density at radius 2 is 1.67 bits per heavy atom. The molecule has 42 heavy (non-hydrogen) atoms. The average molecular weight is 560 g/mol. The van der Waals surface area contributed by atoms with E-state index in [1.807, 2.05) is 103 Å². The van der Waals surface area contributed by atoms with Crippen molar-refractivity contribution in [3.05, 3.63) is 120 Å². The maximum absolute atomic E-state index is 14.3. The number of amides is 2. The maximum atomic E-state index is 14.3. The van der Waals surface area contributed by atoms with Gasteiger partial charge in [0.2, 0.25) is 5.91 Å².